The van der Waals surface area contributed by atoms with Gasteiger partial charge in [-0.05, 0) is 59.2 Å². The Morgan fingerprint density at radius 3 is 2.50 bits per heavy atom. The number of nitrogens with zero attached hydrogens (tertiary/aromatic N) is 1. The highest BCUT2D eigenvalue weighted by Gasteiger charge is 2.14. The number of benzene rings is 1. The second kappa shape index (κ2) is 6.45. The molecule has 0 spiro atoms. The van der Waals surface area contributed by atoms with Crippen molar-refractivity contribution >= 4 is 31.9 Å². The maximum atomic E-state index is 4.44. The molecule has 2 aromatic rings. The maximum Gasteiger partial charge on any atom is 0.0718 e. The largest absolute Gasteiger partial charge is 0.311 e. The van der Waals surface area contributed by atoms with Crippen molar-refractivity contribution in [2.24, 2.45) is 0 Å². The van der Waals surface area contributed by atoms with Gasteiger partial charge < -0.3 is 5.32 Å². The lowest BCUT2D eigenvalue weighted by Crippen LogP contribution is -2.20. The van der Waals surface area contributed by atoms with E-state index in [0.717, 1.165) is 21.1 Å². The number of halogens is 2. The van der Waals surface area contributed by atoms with Crippen LogP contribution < -0.4 is 5.32 Å². The van der Waals surface area contributed by atoms with E-state index in [1.807, 2.05) is 25.4 Å². The Labute approximate surface area is 124 Å². The lowest BCUT2D eigenvalue weighted by Gasteiger charge is -2.17. The van der Waals surface area contributed by atoms with Gasteiger partial charge in [-0.3, -0.25) is 4.98 Å². The minimum Gasteiger partial charge on any atom is -0.311 e. The molecule has 0 amide bonds. The van der Waals surface area contributed by atoms with E-state index in [4.69, 9.17) is 0 Å². The zero-order valence-electron chi connectivity index (χ0n) is 10.0. The van der Waals surface area contributed by atoms with E-state index < -0.39 is 0 Å². The van der Waals surface area contributed by atoms with Crippen LogP contribution >= 0.6 is 31.9 Å². The van der Waals surface area contributed by atoms with Crippen LogP contribution in [0.1, 0.15) is 17.3 Å². The number of nitrogens with one attached hydrogen (secondary N) is 1. The molecule has 1 aromatic heterocycles. The zero-order chi connectivity index (χ0) is 13.0. The number of aromatic nitrogens is 1. The van der Waals surface area contributed by atoms with Crippen LogP contribution in [-0.2, 0) is 6.42 Å². The van der Waals surface area contributed by atoms with Crippen LogP contribution in [0.15, 0.2) is 51.5 Å². The molecule has 2 nitrogen and oxygen atoms in total. The van der Waals surface area contributed by atoms with Crippen LogP contribution in [0.25, 0.3) is 0 Å². The highest BCUT2D eigenvalue weighted by Crippen LogP contribution is 2.24. The Balaban J connectivity index is 2.20. The standard InChI is InChI=1S/C14H14Br2N2/c1-17-13(14-12(16)3-2-8-18-14)9-10-4-6-11(15)7-5-10/h2-8,13,17H,9H2,1H3. The van der Waals surface area contributed by atoms with Gasteiger partial charge in [-0.25, -0.2) is 0 Å². The van der Waals surface area contributed by atoms with Crippen molar-refractivity contribution in [3.63, 3.8) is 0 Å². The highest BCUT2D eigenvalue weighted by atomic mass is 79.9. The summed E-state index contributed by atoms with van der Waals surface area (Å²) < 4.78 is 2.15. The summed E-state index contributed by atoms with van der Waals surface area (Å²) in [4.78, 5) is 4.44. The first-order valence-corrected chi connectivity index (χ1v) is 7.31. The van der Waals surface area contributed by atoms with Crippen molar-refractivity contribution in [3.8, 4) is 0 Å². The van der Waals surface area contributed by atoms with Gasteiger partial charge in [0.25, 0.3) is 0 Å². The van der Waals surface area contributed by atoms with Gasteiger partial charge in [0.1, 0.15) is 0 Å². The van der Waals surface area contributed by atoms with Gasteiger partial charge in [-0.15, -0.1) is 0 Å². The van der Waals surface area contributed by atoms with E-state index in [1.165, 1.54) is 5.56 Å². The number of hydrogen-bond donors (Lipinski definition) is 1. The smallest absolute Gasteiger partial charge is 0.0718 e. The molecule has 0 fully saturated rings. The Morgan fingerprint density at radius 2 is 1.89 bits per heavy atom. The van der Waals surface area contributed by atoms with Crippen LogP contribution in [-0.4, -0.2) is 12.0 Å². The van der Waals surface area contributed by atoms with Gasteiger partial charge in [0, 0.05) is 15.1 Å². The first kappa shape index (κ1) is 13.7. The Bertz CT molecular complexity index is 511. The SMILES string of the molecule is CNC(Cc1ccc(Br)cc1)c1ncccc1Br. The molecule has 1 aromatic carbocycles. The molecule has 18 heavy (non-hydrogen) atoms. The number of pyridine rings is 1. The Kier molecular flexibility index (Phi) is 4.92. The van der Waals surface area contributed by atoms with Crippen LogP contribution in [0.5, 0.6) is 0 Å². The van der Waals surface area contributed by atoms with E-state index in [1.54, 1.807) is 0 Å². The fourth-order valence-corrected chi connectivity index (χ4v) is 2.64. The van der Waals surface area contributed by atoms with Crippen molar-refractivity contribution < 1.29 is 0 Å². The second-order valence-corrected chi connectivity index (χ2v) is 5.81. The van der Waals surface area contributed by atoms with Crippen LogP contribution in [0.3, 0.4) is 0 Å². The third kappa shape index (κ3) is 3.40. The molecule has 94 valence electrons. The molecule has 0 aliphatic heterocycles. The molecule has 0 aliphatic rings. The van der Waals surface area contributed by atoms with Gasteiger partial charge in [0.15, 0.2) is 0 Å². The van der Waals surface area contributed by atoms with Gasteiger partial charge in [-0.2, -0.15) is 0 Å². The van der Waals surface area contributed by atoms with Gasteiger partial charge in [0.05, 0.1) is 11.7 Å². The summed E-state index contributed by atoms with van der Waals surface area (Å²) in [5.41, 5.74) is 2.33. The lowest BCUT2D eigenvalue weighted by atomic mass is 10.0. The molecule has 0 saturated heterocycles. The molecule has 0 aliphatic carbocycles. The molecule has 0 radical (unpaired) electrons. The molecule has 1 heterocycles. The molecular formula is C14H14Br2N2. The molecule has 1 N–H and O–H groups in total. The summed E-state index contributed by atoms with van der Waals surface area (Å²) in [6.07, 6.45) is 2.74. The summed E-state index contributed by atoms with van der Waals surface area (Å²) in [5.74, 6) is 0. The normalized spacial score (nSPS) is 12.4. The third-order valence-electron chi connectivity index (χ3n) is 2.82. The van der Waals surface area contributed by atoms with Gasteiger partial charge in [0.2, 0.25) is 0 Å². The van der Waals surface area contributed by atoms with E-state index in [-0.39, 0.29) is 6.04 Å². The predicted octanol–water partition coefficient (Wildman–Crippen LogP) is 4.11. The van der Waals surface area contributed by atoms with Crippen LogP contribution in [0, 0.1) is 0 Å². The average molecular weight is 370 g/mol. The van der Waals surface area contributed by atoms with Crippen LogP contribution in [0.4, 0.5) is 0 Å². The fraction of sp³-hybridized carbons (Fsp3) is 0.214. The average Bonchev–Trinajstić information content (AvgIpc) is 2.39. The summed E-state index contributed by atoms with van der Waals surface area (Å²) >= 11 is 7.00. The van der Waals surface area contributed by atoms with Gasteiger partial charge in [-0.1, -0.05) is 28.1 Å². The quantitative estimate of drug-likeness (QED) is 0.877. The fourth-order valence-electron chi connectivity index (χ4n) is 1.85. The highest BCUT2D eigenvalue weighted by molar-refractivity contribution is 9.10. The number of hydrogen-bond acceptors (Lipinski definition) is 2. The summed E-state index contributed by atoms with van der Waals surface area (Å²) in [7, 11) is 1.96. The van der Waals surface area contributed by atoms with E-state index in [9.17, 15) is 0 Å². The Morgan fingerprint density at radius 1 is 1.17 bits per heavy atom. The lowest BCUT2D eigenvalue weighted by molar-refractivity contribution is 0.573. The van der Waals surface area contributed by atoms with E-state index in [0.29, 0.717) is 0 Å². The first-order chi connectivity index (χ1) is 8.70. The van der Waals surface area contributed by atoms with Crippen LogP contribution in [0.2, 0.25) is 0 Å². The molecule has 2 rings (SSSR count). The monoisotopic (exact) mass is 368 g/mol. The molecule has 1 unspecified atom stereocenters. The van der Waals surface area contributed by atoms with E-state index >= 15 is 0 Å². The number of rotatable bonds is 4. The topological polar surface area (TPSA) is 24.9 Å². The molecule has 4 heteroatoms. The molecule has 0 bridgehead atoms. The minimum absolute atomic E-state index is 0.210. The number of likely N-dealkylation sites (N-methyl/N-ethyl adjacent to an activating group) is 1. The predicted molar refractivity (Wildman–Crippen MR) is 81.6 cm³/mol. The van der Waals surface area contributed by atoms with Crippen molar-refractivity contribution in [2.45, 2.75) is 12.5 Å². The van der Waals surface area contributed by atoms with Crippen molar-refractivity contribution in [1.82, 2.24) is 10.3 Å². The summed E-state index contributed by atoms with van der Waals surface area (Å²) in [6, 6.07) is 12.6. The van der Waals surface area contributed by atoms with E-state index in [2.05, 4.69) is 66.4 Å². The van der Waals surface area contributed by atoms with Crippen molar-refractivity contribution in [2.75, 3.05) is 7.05 Å². The summed E-state index contributed by atoms with van der Waals surface area (Å²) in [5, 5.41) is 3.32. The first-order valence-electron chi connectivity index (χ1n) is 5.73. The minimum atomic E-state index is 0.210. The van der Waals surface area contributed by atoms with Crippen molar-refractivity contribution in [3.05, 3.63) is 62.8 Å². The molecular weight excluding hydrogens is 356 g/mol. The third-order valence-corrected chi connectivity index (χ3v) is 4.02. The Hall–Kier alpha value is -0.710. The van der Waals surface area contributed by atoms with Gasteiger partial charge >= 0.3 is 0 Å². The van der Waals surface area contributed by atoms with Crippen molar-refractivity contribution in [1.29, 1.82) is 0 Å². The molecule has 0 saturated carbocycles. The molecule has 1 atom stereocenters. The maximum absolute atomic E-state index is 4.44. The summed E-state index contributed by atoms with van der Waals surface area (Å²) in [6.45, 7) is 0. The second-order valence-electron chi connectivity index (χ2n) is 4.04. The zero-order valence-corrected chi connectivity index (χ0v) is 13.2.